The normalized spacial score (nSPS) is 14.6. The summed E-state index contributed by atoms with van der Waals surface area (Å²) in [5.74, 6) is -0.279. The van der Waals surface area contributed by atoms with Crippen LogP contribution in [0, 0.1) is 10.1 Å². The van der Waals surface area contributed by atoms with Gasteiger partial charge in [-0.05, 0) is 60.1 Å². The van der Waals surface area contributed by atoms with Crippen LogP contribution in [0.3, 0.4) is 0 Å². The lowest BCUT2D eigenvalue weighted by Crippen LogP contribution is -2.36. The Morgan fingerprint density at radius 1 is 1.09 bits per heavy atom. The number of aryl methyl sites for hydroxylation is 1. The molecule has 4 rings (SSSR count). The molecule has 1 saturated heterocycles. The van der Waals surface area contributed by atoms with Gasteiger partial charge in [-0.15, -0.1) is 0 Å². The fourth-order valence-corrected chi connectivity index (χ4v) is 4.08. The first-order chi connectivity index (χ1) is 16.3. The topological polar surface area (TPSA) is 123 Å². The summed E-state index contributed by atoms with van der Waals surface area (Å²) in [5.41, 5.74) is 2.30. The van der Waals surface area contributed by atoms with Gasteiger partial charge < -0.3 is 9.73 Å². The van der Waals surface area contributed by atoms with E-state index in [1.54, 1.807) is 36.4 Å². The van der Waals surface area contributed by atoms with Crippen molar-refractivity contribution in [3.8, 4) is 11.3 Å². The third kappa shape index (κ3) is 5.07. The van der Waals surface area contributed by atoms with Crippen LogP contribution in [0.15, 0.2) is 70.0 Å². The van der Waals surface area contributed by atoms with Crippen molar-refractivity contribution in [2.24, 2.45) is 0 Å². The van der Waals surface area contributed by atoms with E-state index in [1.165, 1.54) is 18.2 Å². The largest absolute Gasteiger partial charge is 0.457 e. The zero-order valence-corrected chi connectivity index (χ0v) is 18.8. The van der Waals surface area contributed by atoms with Gasteiger partial charge in [0.15, 0.2) is 0 Å². The van der Waals surface area contributed by atoms with Crippen molar-refractivity contribution >= 4 is 46.3 Å². The van der Waals surface area contributed by atoms with Gasteiger partial charge in [0.2, 0.25) is 5.91 Å². The minimum Gasteiger partial charge on any atom is -0.457 e. The highest BCUT2D eigenvalue weighted by Gasteiger charge is 2.36. The van der Waals surface area contributed by atoms with Gasteiger partial charge in [-0.25, -0.2) is 0 Å². The van der Waals surface area contributed by atoms with Crippen LogP contribution in [-0.2, 0) is 16.0 Å². The van der Waals surface area contributed by atoms with Gasteiger partial charge >= 0.3 is 0 Å². The number of imide groups is 1. The average Bonchev–Trinajstić information content (AvgIpc) is 3.40. The Morgan fingerprint density at radius 3 is 2.44 bits per heavy atom. The molecule has 1 fully saturated rings. The van der Waals surface area contributed by atoms with E-state index in [1.807, 2.05) is 19.1 Å². The number of nitro groups is 1. The second-order valence-electron chi connectivity index (χ2n) is 7.37. The molecule has 1 aromatic heterocycles. The number of anilines is 1. The molecule has 0 bridgehead atoms. The summed E-state index contributed by atoms with van der Waals surface area (Å²) in [7, 11) is 0. The van der Waals surface area contributed by atoms with Gasteiger partial charge in [-0.3, -0.25) is 29.4 Å². The minimum atomic E-state index is -0.584. The fourth-order valence-electron chi connectivity index (χ4n) is 3.27. The lowest BCUT2D eigenvalue weighted by molar-refractivity contribution is -0.384. The number of carbonyl (C=O) groups excluding carboxylic acids is 3. The molecule has 0 saturated carbocycles. The standard InChI is InChI=1S/C24H19N3O6S/c1-2-15-3-7-17(8-4-15)25-22(28)14-26-23(29)21(34-24(26)30)13-19-11-12-20(33-19)16-5-9-18(10-6-16)27(31)32/h3-13H,2,14H2,1H3,(H,25,28)/b21-13+. The van der Waals surface area contributed by atoms with Crippen LogP contribution in [0.1, 0.15) is 18.2 Å². The van der Waals surface area contributed by atoms with Gasteiger partial charge in [0.1, 0.15) is 18.1 Å². The number of non-ortho nitro benzene ring substituents is 1. The summed E-state index contributed by atoms with van der Waals surface area (Å²) in [6.07, 6.45) is 2.31. The Hall–Kier alpha value is -4.18. The Balaban J connectivity index is 1.42. The molecular formula is C24H19N3O6S. The molecular weight excluding hydrogens is 458 g/mol. The Kier molecular flexibility index (Phi) is 6.60. The van der Waals surface area contributed by atoms with Crippen molar-refractivity contribution in [2.45, 2.75) is 13.3 Å². The van der Waals surface area contributed by atoms with Crippen LogP contribution in [0.4, 0.5) is 16.2 Å². The van der Waals surface area contributed by atoms with E-state index in [0.29, 0.717) is 22.8 Å². The van der Waals surface area contributed by atoms with Crippen molar-refractivity contribution in [2.75, 3.05) is 11.9 Å². The molecule has 3 aromatic rings. The van der Waals surface area contributed by atoms with Crippen LogP contribution in [0.25, 0.3) is 17.4 Å². The SMILES string of the molecule is CCc1ccc(NC(=O)CN2C(=O)S/C(=C/c3ccc(-c4ccc([N+](=O)[O-])cc4)o3)C2=O)cc1. The first kappa shape index (κ1) is 23.0. The van der Waals surface area contributed by atoms with Crippen molar-refractivity contribution in [1.29, 1.82) is 0 Å². The smallest absolute Gasteiger partial charge is 0.294 e. The second-order valence-corrected chi connectivity index (χ2v) is 8.37. The number of benzene rings is 2. The summed E-state index contributed by atoms with van der Waals surface area (Å²) in [4.78, 5) is 48.7. The molecule has 1 N–H and O–H groups in total. The number of hydrogen-bond donors (Lipinski definition) is 1. The zero-order chi connectivity index (χ0) is 24.2. The van der Waals surface area contributed by atoms with E-state index in [-0.39, 0.29) is 10.6 Å². The highest BCUT2D eigenvalue weighted by molar-refractivity contribution is 8.18. The average molecular weight is 477 g/mol. The van der Waals surface area contributed by atoms with Crippen LogP contribution in [0.2, 0.25) is 0 Å². The van der Waals surface area contributed by atoms with Crippen molar-refractivity contribution in [3.05, 3.63) is 87.0 Å². The maximum Gasteiger partial charge on any atom is 0.294 e. The molecule has 2 aromatic carbocycles. The van der Waals surface area contributed by atoms with Crippen LogP contribution >= 0.6 is 11.8 Å². The van der Waals surface area contributed by atoms with Crippen LogP contribution in [-0.4, -0.2) is 33.4 Å². The number of nitro benzene ring substituents is 1. The molecule has 0 spiro atoms. The Morgan fingerprint density at radius 2 is 1.79 bits per heavy atom. The summed E-state index contributed by atoms with van der Waals surface area (Å²) in [5, 5.41) is 12.9. The van der Waals surface area contributed by atoms with Gasteiger partial charge in [-0.1, -0.05) is 19.1 Å². The lowest BCUT2D eigenvalue weighted by Gasteiger charge is -2.12. The quantitative estimate of drug-likeness (QED) is 0.285. The van der Waals surface area contributed by atoms with E-state index in [2.05, 4.69) is 5.32 Å². The number of rotatable bonds is 7. The molecule has 3 amide bonds. The highest BCUT2D eigenvalue weighted by atomic mass is 32.2. The van der Waals surface area contributed by atoms with Crippen LogP contribution < -0.4 is 5.32 Å². The van der Waals surface area contributed by atoms with E-state index >= 15 is 0 Å². The summed E-state index contributed by atoms with van der Waals surface area (Å²) < 4.78 is 5.71. The molecule has 9 nitrogen and oxygen atoms in total. The zero-order valence-electron chi connectivity index (χ0n) is 18.0. The number of carbonyl (C=O) groups is 3. The molecule has 10 heteroatoms. The maximum absolute atomic E-state index is 12.7. The first-order valence-corrected chi connectivity index (χ1v) is 11.1. The highest BCUT2D eigenvalue weighted by Crippen LogP contribution is 2.33. The molecule has 2 heterocycles. The minimum absolute atomic E-state index is 0.0359. The molecule has 34 heavy (non-hydrogen) atoms. The maximum atomic E-state index is 12.7. The fraction of sp³-hybridized carbons (Fsp3) is 0.125. The molecule has 1 aliphatic rings. The van der Waals surface area contributed by atoms with Gasteiger partial charge in [0.05, 0.1) is 9.83 Å². The van der Waals surface area contributed by atoms with E-state index < -0.39 is 28.5 Å². The number of furan rings is 1. The first-order valence-electron chi connectivity index (χ1n) is 10.3. The van der Waals surface area contributed by atoms with Crippen molar-refractivity contribution < 1.29 is 23.7 Å². The number of nitrogens with zero attached hydrogens (tertiary/aromatic N) is 2. The second kappa shape index (κ2) is 9.75. The van der Waals surface area contributed by atoms with Gasteiger partial charge in [0, 0.05) is 29.5 Å². The summed E-state index contributed by atoms with van der Waals surface area (Å²) >= 11 is 0.724. The molecule has 0 atom stereocenters. The third-order valence-corrected chi connectivity index (χ3v) is 5.99. The molecule has 1 aliphatic heterocycles. The van der Waals surface area contributed by atoms with E-state index in [9.17, 15) is 24.5 Å². The van der Waals surface area contributed by atoms with E-state index in [4.69, 9.17) is 4.42 Å². The molecule has 0 aliphatic carbocycles. The number of nitrogens with one attached hydrogen (secondary N) is 1. The molecule has 0 radical (unpaired) electrons. The number of hydrogen-bond acceptors (Lipinski definition) is 7. The monoisotopic (exact) mass is 477 g/mol. The Labute approximate surface area is 198 Å². The molecule has 0 unspecified atom stereocenters. The van der Waals surface area contributed by atoms with Crippen molar-refractivity contribution in [1.82, 2.24) is 4.90 Å². The van der Waals surface area contributed by atoms with Gasteiger partial charge in [0.25, 0.3) is 16.8 Å². The molecule has 172 valence electrons. The predicted octanol–water partition coefficient (Wildman–Crippen LogP) is 5.09. The number of amides is 3. The lowest BCUT2D eigenvalue weighted by atomic mass is 10.1. The van der Waals surface area contributed by atoms with E-state index in [0.717, 1.165) is 28.6 Å². The Bertz CT molecular complexity index is 1300. The predicted molar refractivity (Wildman–Crippen MR) is 128 cm³/mol. The summed E-state index contributed by atoms with van der Waals surface area (Å²) in [6.45, 7) is 1.63. The van der Waals surface area contributed by atoms with Gasteiger partial charge in [-0.2, -0.15) is 0 Å². The summed E-state index contributed by atoms with van der Waals surface area (Å²) in [6, 6.07) is 16.5. The van der Waals surface area contributed by atoms with Crippen LogP contribution in [0.5, 0.6) is 0 Å². The van der Waals surface area contributed by atoms with Crippen molar-refractivity contribution in [3.63, 3.8) is 0 Å². The number of thioether (sulfide) groups is 1. The third-order valence-electron chi connectivity index (χ3n) is 5.08.